The van der Waals surface area contributed by atoms with Gasteiger partial charge >= 0.3 is 0 Å². The van der Waals surface area contributed by atoms with Crippen LogP contribution in [0.25, 0.3) is 0 Å². The molecular weight excluding hydrogens is 164 g/mol. The zero-order chi connectivity index (χ0) is 9.52. The number of ether oxygens (including phenoxy) is 1. The fraction of sp³-hybridized carbons (Fsp3) is 0.400. The largest absolute Gasteiger partial charge is 0.497 e. The highest BCUT2D eigenvalue weighted by atomic mass is 16.5. The Balaban J connectivity index is 2.40. The van der Waals surface area contributed by atoms with Crippen LogP contribution in [0, 0.1) is 0 Å². The smallest absolute Gasteiger partial charge is 0.118 e. The molecule has 0 amide bonds. The van der Waals surface area contributed by atoms with E-state index in [9.17, 15) is 0 Å². The Hall–Kier alpha value is -1.06. The topological polar surface area (TPSA) is 47.3 Å². The summed E-state index contributed by atoms with van der Waals surface area (Å²) in [4.78, 5) is 0. The van der Waals surface area contributed by atoms with E-state index in [1.165, 1.54) is 5.56 Å². The van der Waals surface area contributed by atoms with Crippen LogP contribution < -0.4 is 15.8 Å². The molecule has 3 heteroatoms. The maximum absolute atomic E-state index is 5.31. The first kappa shape index (κ1) is 10.0. The summed E-state index contributed by atoms with van der Waals surface area (Å²) < 4.78 is 5.06. The van der Waals surface area contributed by atoms with Crippen LogP contribution in [0.15, 0.2) is 24.3 Å². The molecule has 72 valence electrons. The van der Waals surface area contributed by atoms with E-state index in [0.29, 0.717) is 6.67 Å². The quantitative estimate of drug-likeness (QED) is 0.519. The lowest BCUT2D eigenvalue weighted by Crippen LogP contribution is -2.24. The SMILES string of the molecule is COc1ccc(CCNCN)cc1. The molecule has 0 radical (unpaired) electrons. The zero-order valence-corrected chi connectivity index (χ0v) is 7.92. The molecule has 1 rings (SSSR count). The summed E-state index contributed by atoms with van der Waals surface area (Å²) in [7, 11) is 1.67. The number of benzene rings is 1. The van der Waals surface area contributed by atoms with Crippen molar-refractivity contribution in [2.24, 2.45) is 5.73 Å². The second kappa shape index (κ2) is 5.56. The van der Waals surface area contributed by atoms with Crippen LogP contribution in [-0.4, -0.2) is 20.3 Å². The Morgan fingerprint density at radius 1 is 1.31 bits per heavy atom. The van der Waals surface area contributed by atoms with Gasteiger partial charge in [0, 0.05) is 13.2 Å². The third-order valence-electron chi connectivity index (χ3n) is 1.89. The molecule has 3 nitrogen and oxygen atoms in total. The second-order valence-corrected chi connectivity index (χ2v) is 2.80. The molecule has 0 atom stereocenters. The molecule has 1 aromatic carbocycles. The van der Waals surface area contributed by atoms with Gasteiger partial charge in [-0.05, 0) is 24.1 Å². The van der Waals surface area contributed by atoms with Crippen LogP contribution >= 0.6 is 0 Å². The maximum Gasteiger partial charge on any atom is 0.118 e. The summed E-state index contributed by atoms with van der Waals surface area (Å²) in [6.45, 7) is 1.46. The van der Waals surface area contributed by atoms with Crippen molar-refractivity contribution in [1.29, 1.82) is 0 Å². The number of nitrogens with two attached hydrogens (primary N) is 1. The van der Waals surface area contributed by atoms with Gasteiger partial charge in [0.2, 0.25) is 0 Å². The predicted octanol–water partition coefficient (Wildman–Crippen LogP) is 0.744. The first-order valence-electron chi connectivity index (χ1n) is 4.40. The normalized spacial score (nSPS) is 10.0. The van der Waals surface area contributed by atoms with Gasteiger partial charge in [-0.3, -0.25) is 0 Å². The zero-order valence-electron chi connectivity index (χ0n) is 7.92. The molecule has 1 aromatic rings. The van der Waals surface area contributed by atoms with Crippen molar-refractivity contribution in [3.8, 4) is 5.75 Å². The molecule has 0 aliphatic heterocycles. The molecule has 0 saturated carbocycles. The minimum absolute atomic E-state index is 0.538. The van der Waals surface area contributed by atoms with Gasteiger partial charge < -0.3 is 15.8 Å². The number of rotatable bonds is 5. The van der Waals surface area contributed by atoms with Crippen LogP contribution in [0.5, 0.6) is 5.75 Å². The van der Waals surface area contributed by atoms with Gasteiger partial charge in [-0.2, -0.15) is 0 Å². The van der Waals surface area contributed by atoms with Crippen LogP contribution in [-0.2, 0) is 6.42 Å². The standard InChI is InChI=1S/C10H16N2O/c1-13-10-4-2-9(3-5-10)6-7-12-8-11/h2-5,12H,6-8,11H2,1H3. The Morgan fingerprint density at radius 3 is 2.54 bits per heavy atom. The second-order valence-electron chi connectivity index (χ2n) is 2.80. The van der Waals surface area contributed by atoms with Crippen LogP contribution in [0.1, 0.15) is 5.56 Å². The molecule has 0 heterocycles. The summed E-state index contributed by atoms with van der Waals surface area (Å²) in [5.74, 6) is 0.899. The lowest BCUT2D eigenvalue weighted by atomic mass is 10.1. The van der Waals surface area contributed by atoms with Gasteiger partial charge in [-0.15, -0.1) is 0 Å². The molecule has 13 heavy (non-hydrogen) atoms. The Kier molecular flexibility index (Phi) is 4.29. The minimum Gasteiger partial charge on any atom is -0.497 e. The van der Waals surface area contributed by atoms with Crippen molar-refractivity contribution < 1.29 is 4.74 Å². The highest BCUT2D eigenvalue weighted by Crippen LogP contribution is 2.11. The maximum atomic E-state index is 5.31. The van der Waals surface area contributed by atoms with Crippen LogP contribution in [0.3, 0.4) is 0 Å². The molecule has 0 aliphatic rings. The van der Waals surface area contributed by atoms with Crippen molar-refractivity contribution >= 4 is 0 Å². The molecule has 3 N–H and O–H groups in total. The molecule has 0 saturated heterocycles. The van der Waals surface area contributed by atoms with E-state index in [1.54, 1.807) is 7.11 Å². The van der Waals surface area contributed by atoms with Crippen LogP contribution in [0.2, 0.25) is 0 Å². The molecule has 0 fully saturated rings. The van der Waals surface area contributed by atoms with E-state index in [2.05, 4.69) is 17.4 Å². The summed E-state index contributed by atoms with van der Waals surface area (Å²) in [5.41, 5.74) is 6.60. The van der Waals surface area contributed by atoms with Gasteiger partial charge in [0.05, 0.1) is 7.11 Å². The number of nitrogens with one attached hydrogen (secondary N) is 1. The van der Waals surface area contributed by atoms with Crippen molar-refractivity contribution in [3.05, 3.63) is 29.8 Å². The first-order valence-corrected chi connectivity index (χ1v) is 4.40. The number of methoxy groups -OCH3 is 1. The van der Waals surface area contributed by atoms with E-state index in [4.69, 9.17) is 10.5 Å². The number of hydrogen-bond donors (Lipinski definition) is 2. The fourth-order valence-corrected chi connectivity index (χ4v) is 1.13. The highest BCUT2D eigenvalue weighted by molar-refractivity contribution is 5.27. The van der Waals surface area contributed by atoms with Crippen molar-refractivity contribution in [2.75, 3.05) is 20.3 Å². The van der Waals surface area contributed by atoms with Gasteiger partial charge in [-0.25, -0.2) is 0 Å². The van der Waals surface area contributed by atoms with E-state index < -0.39 is 0 Å². The first-order chi connectivity index (χ1) is 6.36. The van der Waals surface area contributed by atoms with Crippen LogP contribution in [0.4, 0.5) is 0 Å². The van der Waals surface area contributed by atoms with E-state index in [1.807, 2.05) is 12.1 Å². The Morgan fingerprint density at radius 2 is 2.00 bits per heavy atom. The fourth-order valence-electron chi connectivity index (χ4n) is 1.13. The Labute approximate surface area is 78.9 Å². The molecule has 0 spiro atoms. The summed E-state index contributed by atoms with van der Waals surface area (Å²) in [5, 5.41) is 3.07. The summed E-state index contributed by atoms with van der Waals surface area (Å²) >= 11 is 0. The Bertz CT molecular complexity index is 233. The molecule has 0 aromatic heterocycles. The van der Waals surface area contributed by atoms with E-state index in [0.717, 1.165) is 18.7 Å². The lowest BCUT2D eigenvalue weighted by Gasteiger charge is -2.03. The van der Waals surface area contributed by atoms with Crippen molar-refractivity contribution in [3.63, 3.8) is 0 Å². The third-order valence-corrected chi connectivity index (χ3v) is 1.89. The summed E-state index contributed by atoms with van der Waals surface area (Å²) in [6.07, 6.45) is 1.00. The van der Waals surface area contributed by atoms with Gasteiger partial charge in [-0.1, -0.05) is 12.1 Å². The van der Waals surface area contributed by atoms with Gasteiger partial charge in [0.1, 0.15) is 5.75 Å². The molecule has 0 aliphatic carbocycles. The third kappa shape index (κ3) is 3.44. The van der Waals surface area contributed by atoms with E-state index in [-0.39, 0.29) is 0 Å². The predicted molar refractivity (Wildman–Crippen MR) is 53.8 cm³/mol. The molecular formula is C10H16N2O. The average molecular weight is 180 g/mol. The minimum atomic E-state index is 0.538. The number of hydrogen-bond acceptors (Lipinski definition) is 3. The van der Waals surface area contributed by atoms with Crippen molar-refractivity contribution in [1.82, 2.24) is 5.32 Å². The molecule has 0 bridgehead atoms. The van der Waals surface area contributed by atoms with Gasteiger partial charge in [0.25, 0.3) is 0 Å². The van der Waals surface area contributed by atoms with Gasteiger partial charge in [0.15, 0.2) is 0 Å². The lowest BCUT2D eigenvalue weighted by molar-refractivity contribution is 0.414. The van der Waals surface area contributed by atoms with E-state index >= 15 is 0 Å². The summed E-state index contributed by atoms with van der Waals surface area (Å²) in [6, 6.07) is 8.07. The average Bonchev–Trinajstić information content (AvgIpc) is 2.19. The highest BCUT2D eigenvalue weighted by Gasteiger charge is 1.93. The van der Waals surface area contributed by atoms with Crippen molar-refractivity contribution in [2.45, 2.75) is 6.42 Å². The monoisotopic (exact) mass is 180 g/mol. The molecule has 0 unspecified atom stereocenters.